The average molecular weight is 282 g/mol. The number of benzene rings is 2. The fraction of sp³-hybridized carbons (Fsp3) is 0.222. The smallest absolute Gasteiger partial charge is 0.123 e. The van der Waals surface area contributed by atoms with Crippen molar-refractivity contribution in [1.29, 1.82) is 0 Å². The monoisotopic (exact) mass is 282 g/mol. The highest BCUT2D eigenvalue weighted by Crippen LogP contribution is 2.14. The van der Waals surface area contributed by atoms with Gasteiger partial charge in [0.05, 0.1) is 0 Å². The van der Waals surface area contributed by atoms with E-state index in [0.29, 0.717) is 6.04 Å². The van der Waals surface area contributed by atoms with E-state index in [1.54, 1.807) is 0 Å². The van der Waals surface area contributed by atoms with Gasteiger partial charge >= 0.3 is 0 Å². The van der Waals surface area contributed by atoms with E-state index in [9.17, 15) is 4.39 Å². The Balaban J connectivity index is 1.57. The molecule has 2 N–H and O–H groups in total. The summed E-state index contributed by atoms with van der Waals surface area (Å²) in [6, 6.07) is 15.6. The van der Waals surface area contributed by atoms with Crippen molar-refractivity contribution >= 4 is 10.9 Å². The normalized spacial score (nSPS) is 12.7. The van der Waals surface area contributed by atoms with E-state index in [2.05, 4.69) is 41.5 Å². The maximum Gasteiger partial charge on any atom is 0.123 e. The molecule has 0 saturated heterocycles. The summed E-state index contributed by atoms with van der Waals surface area (Å²) in [5.74, 6) is -0.181. The van der Waals surface area contributed by atoms with E-state index in [4.69, 9.17) is 0 Å². The summed E-state index contributed by atoms with van der Waals surface area (Å²) in [5, 5.41) is 4.75. The minimum Gasteiger partial charge on any atom is -0.361 e. The largest absolute Gasteiger partial charge is 0.361 e. The molecule has 108 valence electrons. The van der Waals surface area contributed by atoms with Gasteiger partial charge in [-0.1, -0.05) is 18.2 Å². The number of H-pyrrole nitrogens is 1. The Morgan fingerprint density at radius 1 is 1.05 bits per heavy atom. The van der Waals surface area contributed by atoms with Crippen LogP contribution in [0.25, 0.3) is 10.9 Å². The van der Waals surface area contributed by atoms with Gasteiger partial charge in [-0.25, -0.2) is 4.39 Å². The molecule has 1 unspecified atom stereocenters. The molecule has 1 atom stereocenters. The molecule has 0 amide bonds. The highest BCUT2D eigenvalue weighted by molar-refractivity contribution is 5.79. The summed E-state index contributed by atoms with van der Waals surface area (Å²) in [6.07, 6.45) is 2.85. The molecule has 0 spiro atoms. The third-order valence-corrected chi connectivity index (χ3v) is 3.73. The van der Waals surface area contributed by atoms with Crippen LogP contribution in [0.15, 0.2) is 54.7 Å². The molecule has 0 fully saturated rings. The summed E-state index contributed by atoms with van der Waals surface area (Å²) < 4.78 is 12.9. The van der Waals surface area contributed by atoms with Crippen LogP contribution in [-0.4, -0.2) is 11.0 Å². The Morgan fingerprint density at radius 2 is 1.81 bits per heavy atom. The van der Waals surface area contributed by atoms with E-state index < -0.39 is 0 Å². The van der Waals surface area contributed by atoms with Crippen molar-refractivity contribution in [3.8, 4) is 0 Å². The molecule has 2 aromatic carbocycles. The Labute approximate surface area is 124 Å². The van der Waals surface area contributed by atoms with Crippen molar-refractivity contribution in [1.82, 2.24) is 10.3 Å². The van der Waals surface area contributed by atoms with Gasteiger partial charge in [0, 0.05) is 24.3 Å². The first kappa shape index (κ1) is 13.8. The summed E-state index contributed by atoms with van der Waals surface area (Å²) in [6.45, 7) is 2.99. The van der Waals surface area contributed by atoms with E-state index >= 15 is 0 Å². The maximum atomic E-state index is 12.9. The zero-order valence-corrected chi connectivity index (χ0v) is 12.1. The molecule has 1 aromatic heterocycles. The van der Waals surface area contributed by atoms with Crippen molar-refractivity contribution in [2.24, 2.45) is 0 Å². The second kappa shape index (κ2) is 6.10. The van der Waals surface area contributed by atoms with E-state index in [0.717, 1.165) is 24.0 Å². The maximum absolute atomic E-state index is 12.9. The van der Waals surface area contributed by atoms with Crippen molar-refractivity contribution in [2.75, 3.05) is 0 Å². The lowest BCUT2D eigenvalue weighted by molar-refractivity contribution is 0.544. The molecule has 1 heterocycles. The molecule has 0 saturated carbocycles. The van der Waals surface area contributed by atoms with E-state index in [1.807, 2.05) is 18.3 Å². The van der Waals surface area contributed by atoms with Gasteiger partial charge in [-0.05, 0) is 60.2 Å². The lowest BCUT2D eigenvalue weighted by Crippen LogP contribution is -2.27. The van der Waals surface area contributed by atoms with E-state index in [-0.39, 0.29) is 5.82 Å². The fourth-order valence-corrected chi connectivity index (χ4v) is 2.55. The lowest BCUT2D eigenvalue weighted by Gasteiger charge is -2.14. The molecule has 0 aliphatic rings. The van der Waals surface area contributed by atoms with Crippen LogP contribution in [0.1, 0.15) is 18.1 Å². The molecule has 3 rings (SSSR count). The zero-order chi connectivity index (χ0) is 14.7. The molecular formula is C18H19FN2. The Kier molecular flexibility index (Phi) is 4.02. The topological polar surface area (TPSA) is 27.8 Å². The molecule has 0 radical (unpaired) electrons. The molecular weight excluding hydrogens is 263 g/mol. The van der Waals surface area contributed by atoms with Crippen LogP contribution >= 0.6 is 0 Å². The van der Waals surface area contributed by atoms with Crippen molar-refractivity contribution in [3.63, 3.8) is 0 Å². The molecule has 2 nitrogen and oxygen atoms in total. The quantitative estimate of drug-likeness (QED) is 0.726. The Morgan fingerprint density at radius 3 is 2.62 bits per heavy atom. The van der Waals surface area contributed by atoms with Crippen molar-refractivity contribution in [3.05, 3.63) is 71.7 Å². The van der Waals surface area contributed by atoms with Gasteiger partial charge < -0.3 is 10.3 Å². The van der Waals surface area contributed by atoms with Crippen LogP contribution in [0, 0.1) is 5.82 Å². The van der Waals surface area contributed by atoms with Crippen LogP contribution in [-0.2, 0) is 13.0 Å². The first-order valence-electron chi connectivity index (χ1n) is 7.24. The molecule has 0 aliphatic carbocycles. The van der Waals surface area contributed by atoms with Gasteiger partial charge in [0.2, 0.25) is 0 Å². The predicted octanol–water partition coefficient (Wildman–Crippen LogP) is 4.03. The minimum atomic E-state index is -0.181. The standard InChI is InChI=1S/C18H19FN2/c1-13(10-14-2-5-17(19)6-3-14)21-12-15-4-7-18-16(11-15)8-9-20-18/h2-9,11,13,20-21H,10,12H2,1H3. The Hall–Kier alpha value is -2.13. The van der Waals surface area contributed by atoms with Gasteiger partial charge in [0.25, 0.3) is 0 Å². The minimum absolute atomic E-state index is 0.181. The SMILES string of the molecule is CC(Cc1ccc(F)cc1)NCc1ccc2[nH]ccc2c1. The van der Waals surface area contributed by atoms with Gasteiger partial charge in [0.1, 0.15) is 5.82 Å². The average Bonchev–Trinajstić information content (AvgIpc) is 2.95. The highest BCUT2D eigenvalue weighted by atomic mass is 19.1. The summed E-state index contributed by atoms with van der Waals surface area (Å²) >= 11 is 0. The second-order valence-electron chi connectivity index (χ2n) is 5.51. The van der Waals surface area contributed by atoms with E-state index in [1.165, 1.54) is 23.1 Å². The molecule has 0 bridgehead atoms. The number of aromatic nitrogens is 1. The fourth-order valence-electron chi connectivity index (χ4n) is 2.55. The molecule has 21 heavy (non-hydrogen) atoms. The zero-order valence-electron chi connectivity index (χ0n) is 12.1. The van der Waals surface area contributed by atoms with Gasteiger partial charge in [-0.2, -0.15) is 0 Å². The third kappa shape index (κ3) is 3.50. The number of hydrogen-bond acceptors (Lipinski definition) is 1. The Bertz CT molecular complexity index is 715. The van der Waals surface area contributed by atoms with Gasteiger partial charge in [-0.15, -0.1) is 0 Å². The first-order valence-corrected chi connectivity index (χ1v) is 7.24. The lowest BCUT2D eigenvalue weighted by atomic mass is 10.1. The van der Waals surface area contributed by atoms with Crippen LogP contribution in [0.2, 0.25) is 0 Å². The number of rotatable bonds is 5. The highest BCUT2D eigenvalue weighted by Gasteiger charge is 2.04. The van der Waals surface area contributed by atoms with Gasteiger partial charge in [-0.3, -0.25) is 0 Å². The number of nitrogens with one attached hydrogen (secondary N) is 2. The molecule has 0 aliphatic heterocycles. The summed E-state index contributed by atoms with van der Waals surface area (Å²) in [5.41, 5.74) is 3.59. The van der Waals surface area contributed by atoms with Crippen LogP contribution in [0.4, 0.5) is 4.39 Å². The summed E-state index contributed by atoms with van der Waals surface area (Å²) in [4.78, 5) is 3.20. The first-order chi connectivity index (χ1) is 10.2. The van der Waals surface area contributed by atoms with Crippen LogP contribution in [0.5, 0.6) is 0 Å². The summed E-state index contributed by atoms with van der Waals surface area (Å²) in [7, 11) is 0. The van der Waals surface area contributed by atoms with Crippen LogP contribution in [0.3, 0.4) is 0 Å². The molecule has 3 aromatic rings. The second-order valence-corrected chi connectivity index (χ2v) is 5.51. The predicted molar refractivity (Wildman–Crippen MR) is 84.7 cm³/mol. The number of aromatic amines is 1. The van der Waals surface area contributed by atoms with Crippen LogP contribution < -0.4 is 5.32 Å². The number of hydrogen-bond donors (Lipinski definition) is 2. The number of halogens is 1. The molecule has 3 heteroatoms. The van der Waals surface area contributed by atoms with Gasteiger partial charge in [0.15, 0.2) is 0 Å². The van der Waals surface area contributed by atoms with Crippen molar-refractivity contribution in [2.45, 2.75) is 25.9 Å². The van der Waals surface area contributed by atoms with Crippen molar-refractivity contribution < 1.29 is 4.39 Å². The third-order valence-electron chi connectivity index (χ3n) is 3.73. The number of fused-ring (bicyclic) bond motifs is 1.